The molecule has 4 saturated heterocycles. The van der Waals surface area contributed by atoms with E-state index in [1.807, 2.05) is 0 Å². The molecule has 5 aliphatic carbocycles. The van der Waals surface area contributed by atoms with Crippen LogP contribution in [0.25, 0.3) is 0 Å². The molecule has 1 unspecified atom stereocenters. The van der Waals surface area contributed by atoms with E-state index in [1.54, 1.807) is 0 Å². The average Bonchev–Trinajstić information content (AvgIpc) is 3.33. The normalized spacial score (nSPS) is 55.2. The Morgan fingerprint density at radius 3 is 1.91 bits per heavy atom. The van der Waals surface area contributed by atoms with E-state index in [2.05, 4.69) is 54.5 Å². The zero-order chi connectivity index (χ0) is 54.2. The second-order valence-corrected chi connectivity index (χ2v) is 25.9. The molecule has 9 rings (SSSR count). The van der Waals surface area contributed by atoms with Gasteiger partial charge in [-0.15, -0.1) is 0 Å². The molecule has 0 radical (unpaired) electrons. The van der Waals surface area contributed by atoms with Gasteiger partial charge in [-0.1, -0.05) is 60.1 Å². The fourth-order valence-electron chi connectivity index (χ4n) is 16.3. The summed E-state index contributed by atoms with van der Waals surface area (Å²) in [5, 5.41) is 132. The van der Waals surface area contributed by atoms with E-state index in [4.69, 9.17) is 37.9 Å². The monoisotopic (exact) mass is 1060 g/mol. The number of rotatable bonds is 10. The van der Waals surface area contributed by atoms with Crippen LogP contribution in [0.1, 0.15) is 120 Å². The van der Waals surface area contributed by atoms with Gasteiger partial charge < -0.3 is 99.2 Å². The van der Waals surface area contributed by atoms with Crippen molar-refractivity contribution in [2.75, 3.05) is 13.2 Å². The zero-order valence-corrected chi connectivity index (χ0v) is 44.3. The van der Waals surface area contributed by atoms with Crippen LogP contribution in [0.3, 0.4) is 0 Å². The molecule has 0 amide bonds. The van der Waals surface area contributed by atoms with Gasteiger partial charge >= 0.3 is 5.97 Å². The van der Waals surface area contributed by atoms with Gasteiger partial charge in [0.25, 0.3) is 0 Å². The van der Waals surface area contributed by atoms with Crippen molar-refractivity contribution in [2.45, 2.75) is 249 Å². The van der Waals surface area contributed by atoms with Gasteiger partial charge in [0.05, 0.1) is 37.6 Å². The number of hydrogen-bond acceptors (Lipinski definition) is 20. The highest BCUT2D eigenvalue weighted by molar-refractivity contribution is 5.77. The van der Waals surface area contributed by atoms with Crippen LogP contribution in [0, 0.1) is 50.2 Å². The van der Waals surface area contributed by atoms with Gasteiger partial charge in [0.2, 0.25) is 0 Å². The Hall–Kier alpha value is -1.55. The smallest absolute Gasteiger partial charge is 0.312 e. The maximum Gasteiger partial charge on any atom is 0.312 e. The third kappa shape index (κ3) is 9.08. The van der Waals surface area contributed by atoms with Crippen LogP contribution < -0.4 is 0 Å². The maximum atomic E-state index is 13.2. The maximum absolute atomic E-state index is 13.2. The van der Waals surface area contributed by atoms with Gasteiger partial charge in [-0.2, -0.15) is 0 Å². The quantitative estimate of drug-likeness (QED) is 0.103. The van der Waals surface area contributed by atoms with E-state index >= 15 is 0 Å². The van der Waals surface area contributed by atoms with E-state index in [-0.39, 0.29) is 40.6 Å². The number of aliphatic carboxylic acids is 1. The zero-order valence-electron chi connectivity index (χ0n) is 44.3. The highest BCUT2D eigenvalue weighted by Gasteiger charge is 2.72. The number of hydrogen-bond donors (Lipinski definition) is 12. The first-order chi connectivity index (χ1) is 34.4. The van der Waals surface area contributed by atoms with Gasteiger partial charge in [-0.25, -0.2) is 0 Å². The summed E-state index contributed by atoms with van der Waals surface area (Å²) in [4.78, 5) is 13.2. The lowest BCUT2D eigenvalue weighted by atomic mass is 9.33. The lowest BCUT2D eigenvalue weighted by Crippen LogP contribution is -2.68. The van der Waals surface area contributed by atoms with Crippen LogP contribution in [-0.2, 0) is 42.7 Å². The van der Waals surface area contributed by atoms with Gasteiger partial charge in [-0.05, 0) is 116 Å². The molecule has 4 heterocycles. The number of ether oxygens (including phenoxy) is 8. The summed E-state index contributed by atoms with van der Waals surface area (Å²) in [6, 6.07) is 0. The minimum Gasteiger partial charge on any atom is -0.481 e. The summed E-state index contributed by atoms with van der Waals surface area (Å²) in [7, 11) is 0. The summed E-state index contributed by atoms with van der Waals surface area (Å²) < 4.78 is 48.2. The Labute approximate surface area is 433 Å². The third-order valence-electron chi connectivity index (χ3n) is 21.0. The van der Waals surface area contributed by atoms with Crippen LogP contribution in [0.15, 0.2) is 11.6 Å². The summed E-state index contributed by atoms with van der Waals surface area (Å²) in [6.45, 7) is 17.7. The molecule has 0 bridgehead atoms. The van der Waals surface area contributed by atoms with Crippen LogP contribution in [0.5, 0.6) is 0 Å². The van der Waals surface area contributed by atoms with Gasteiger partial charge in [0, 0.05) is 0 Å². The number of allylic oxidation sites excluding steroid dienone is 2. The number of aliphatic hydroxyl groups is 11. The van der Waals surface area contributed by atoms with Gasteiger partial charge in [0.15, 0.2) is 25.2 Å². The Kier molecular flexibility index (Phi) is 15.6. The molecule has 74 heavy (non-hydrogen) atoms. The summed E-state index contributed by atoms with van der Waals surface area (Å²) in [5.41, 5.74) is -1.53. The number of carboxylic acids is 1. The van der Waals surface area contributed by atoms with Crippen molar-refractivity contribution < 1.29 is 104 Å². The predicted octanol–water partition coefficient (Wildman–Crippen LogP) is 0.196. The molecule has 8 fully saturated rings. The molecule has 0 aromatic heterocycles. The van der Waals surface area contributed by atoms with E-state index in [0.29, 0.717) is 25.7 Å². The van der Waals surface area contributed by atoms with Crippen molar-refractivity contribution in [3.63, 3.8) is 0 Å². The largest absolute Gasteiger partial charge is 0.481 e. The fraction of sp³-hybridized carbons (Fsp3) is 0.943. The first-order valence-electron chi connectivity index (χ1n) is 27.0. The molecule has 9 aliphatic rings. The molecule has 12 N–H and O–H groups in total. The SMILES string of the molecule is C[C@@H]1O[C@@H](O[C@H]2[C@H](O)[C@@H](O)[C@H](O[C@H]3CC[C@]4(C)[C@H]5CC=C6[C@@H]7CC(C)(C)CC[C@]7(C(=O)O)C(O)C[C@@]6(C)[C@]5(C)CC[C@H]4C3(C)C)O[C@@H]2CO[C@@H]2OC[C@@H](O)[C@H](O)[C@H]2O)[C@H](O)[C@H](O[C@@H]2O[C@@H](C)[C@@H](O)[C@@H](O)[C@H]2O)[C@H]1O. The molecule has 424 valence electrons. The van der Waals surface area contributed by atoms with E-state index in [1.165, 1.54) is 19.4 Å². The molecular weight excluding hydrogens is 973 g/mol. The Balaban J connectivity index is 0.943. The van der Waals surface area contributed by atoms with Crippen molar-refractivity contribution in [3.8, 4) is 0 Å². The van der Waals surface area contributed by atoms with Crippen molar-refractivity contribution in [3.05, 3.63) is 11.6 Å². The van der Waals surface area contributed by atoms with Crippen LogP contribution in [-0.4, -0.2) is 209 Å². The highest BCUT2D eigenvalue weighted by atomic mass is 16.8. The predicted molar refractivity (Wildman–Crippen MR) is 256 cm³/mol. The van der Waals surface area contributed by atoms with Crippen LogP contribution in [0.2, 0.25) is 0 Å². The van der Waals surface area contributed by atoms with Gasteiger partial charge in [0.1, 0.15) is 84.8 Å². The molecule has 28 atom stereocenters. The van der Waals surface area contributed by atoms with Gasteiger partial charge in [-0.3, -0.25) is 4.79 Å². The molecule has 4 aliphatic heterocycles. The molecule has 21 heteroatoms. The summed E-state index contributed by atoms with van der Waals surface area (Å²) in [5.74, 6) is -0.885. The lowest BCUT2D eigenvalue weighted by molar-refractivity contribution is -0.384. The fourth-order valence-corrected chi connectivity index (χ4v) is 16.3. The summed E-state index contributed by atoms with van der Waals surface area (Å²) >= 11 is 0. The number of aliphatic hydroxyl groups excluding tert-OH is 11. The molecule has 0 aromatic carbocycles. The van der Waals surface area contributed by atoms with Crippen molar-refractivity contribution in [1.29, 1.82) is 0 Å². The van der Waals surface area contributed by atoms with Crippen molar-refractivity contribution in [1.82, 2.24) is 0 Å². The Morgan fingerprint density at radius 1 is 0.622 bits per heavy atom. The number of carboxylic acid groups (broad SMARTS) is 1. The lowest BCUT2D eigenvalue weighted by Gasteiger charge is -2.71. The third-order valence-corrected chi connectivity index (χ3v) is 21.0. The minimum atomic E-state index is -1.86. The van der Waals surface area contributed by atoms with Crippen molar-refractivity contribution >= 4 is 5.97 Å². The Bertz CT molecular complexity index is 2060. The number of carbonyl (C=O) groups is 1. The van der Waals surface area contributed by atoms with E-state index in [9.17, 15) is 66.1 Å². The second-order valence-electron chi connectivity index (χ2n) is 25.9. The minimum absolute atomic E-state index is 0.0668. The summed E-state index contributed by atoms with van der Waals surface area (Å²) in [6.07, 6.45) is -22.7. The van der Waals surface area contributed by atoms with Crippen molar-refractivity contribution in [2.24, 2.45) is 50.2 Å². The number of fused-ring (bicyclic) bond motifs is 7. The van der Waals surface area contributed by atoms with Crippen LogP contribution >= 0.6 is 0 Å². The first-order valence-corrected chi connectivity index (χ1v) is 27.0. The molecule has 0 aromatic rings. The molecule has 0 spiro atoms. The molecule has 4 saturated carbocycles. The van der Waals surface area contributed by atoms with Crippen LogP contribution in [0.4, 0.5) is 0 Å². The van der Waals surface area contributed by atoms with E-state index < -0.39 is 158 Å². The first kappa shape index (κ1) is 57.1. The molecular formula is C53H86O21. The average molecular weight is 1060 g/mol. The van der Waals surface area contributed by atoms with E-state index in [0.717, 1.165) is 32.1 Å². The molecule has 21 nitrogen and oxygen atoms in total. The standard InChI is InChI=1S/C53H86O21/c1-22-32(56)35(59)38(62)44(69-22)74-42-33(57)23(2)70-46(40(42)64)73-41-27(21-68-43-37(61)34(58)26(54)20-67-43)71-45(39(63)36(41)60)72-31-13-14-50(7)28(49(31,5)6)12-15-51(8)29(50)11-10-24-25-18-48(3,4)16-17-53(25,47(65)66)30(55)19-52(24,51)9/h10,22-23,25-46,54-64H,11-21H2,1-9H3,(H,65,66)/t22-,23-,25-,26+,27+,28-,29+,30?,31-,32+,33-,34-,35+,36+,37+,38+,39+,40+,41+,42+,43-,44-,45-,46-,50-,51+,52+,53+/m0/s1. The Morgan fingerprint density at radius 2 is 1.23 bits per heavy atom. The highest BCUT2D eigenvalue weighted by Crippen LogP contribution is 2.76. The second kappa shape index (κ2) is 20.2. The topological polar surface area (TPSA) is 334 Å².